The van der Waals surface area contributed by atoms with Crippen LogP contribution >= 0.6 is 0 Å². The summed E-state index contributed by atoms with van der Waals surface area (Å²) in [5.41, 5.74) is 1.61. The summed E-state index contributed by atoms with van der Waals surface area (Å²) in [5, 5.41) is 9.64. The Balaban J connectivity index is 2.76. The number of hydrogen-bond donors (Lipinski definition) is 1. The van der Waals surface area contributed by atoms with E-state index in [1.54, 1.807) is 0 Å². The lowest BCUT2D eigenvalue weighted by atomic mass is 9.80. The van der Waals surface area contributed by atoms with Crippen molar-refractivity contribution < 1.29 is 14.7 Å². The lowest BCUT2D eigenvalue weighted by molar-refractivity contribution is -0.115. The third-order valence-corrected chi connectivity index (χ3v) is 3.28. The Morgan fingerprint density at radius 2 is 2.12 bits per heavy atom. The van der Waals surface area contributed by atoms with Crippen LogP contribution in [0, 0.1) is 5.92 Å². The molecule has 0 aromatic rings. The fraction of sp³-hybridized carbons (Fsp3) is 0.692. The van der Waals surface area contributed by atoms with Gasteiger partial charge in [-0.3, -0.25) is 4.79 Å². The van der Waals surface area contributed by atoms with Gasteiger partial charge < -0.3 is 9.90 Å². The molecule has 0 bridgehead atoms. The first-order chi connectivity index (χ1) is 7.74. The van der Waals surface area contributed by atoms with Gasteiger partial charge in [0.1, 0.15) is 12.6 Å². The van der Waals surface area contributed by atoms with Crippen molar-refractivity contribution >= 4 is 12.6 Å². The van der Waals surface area contributed by atoms with Crippen LogP contribution < -0.4 is 0 Å². The van der Waals surface area contributed by atoms with E-state index in [1.165, 1.54) is 0 Å². The highest BCUT2D eigenvalue weighted by molar-refractivity contribution is 5.83. The van der Waals surface area contributed by atoms with Crippen LogP contribution in [-0.4, -0.2) is 23.8 Å². The van der Waals surface area contributed by atoms with Crippen LogP contribution in [-0.2, 0) is 9.59 Å². The Kier molecular flexibility index (Phi) is 5.39. The molecule has 16 heavy (non-hydrogen) atoms. The minimum absolute atomic E-state index is 0.532. The first-order valence-corrected chi connectivity index (χ1v) is 6.05. The van der Waals surface area contributed by atoms with Crippen molar-refractivity contribution in [2.45, 2.75) is 51.6 Å². The Bertz CT molecular complexity index is 281. The average Bonchev–Trinajstić information content (AvgIpc) is 2.30. The van der Waals surface area contributed by atoms with Gasteiger partial charge in [-0.05, 0) is 25.7 Å². The Morgan fingerprint density at radius 1 is 1.38 bits per heavy atom. The quantitative estimate of drug-likeness (QED) is 0.555. The van der Waals surface area contributed by atoms with Crippen molar-refractivity contribution in [3.63, 3.8) is 0 Å². The van der Waals surface area contributed by atoms with E-state index < -0.39 is 12.0 Å². The Morgan fingerprint density at radius 3 is 2.69 bits per heavy atom. The zero-order chi connectivity index (χ0) is 12.0. The monoisotopic (exact) mass is 224 g/mol. The summed E-state index contributed by atoms with van der Waals surface area (Å²) in [6.45, 7) is 2.13. The van der Waals surface area contributed by atoms with Gasteiger partial charge >= 0.3 is 0 Å². The van der Waals surface area contributed by atoms with E-state index in [0.717, 1.165) is 44.0 Å². The number of carbonyl (C=O) groups is 2. The van der Waals surface area contributed by atoms with Gasteiger partial charge in [-0.1, -0.05) is 25.3 Å². The molecule has 0 aliphatic heterocycles. The van der Waals surface area contributed by atoms with Crippen LogP contribution in [0.4, 0.5) is 0 Å². The predicted molar refractivity (Wildman–Crippen MR) is 62.0 cm³/mol. The molecule has 3 nitrogen and oxygen atoms in total. The van der Waals surface area contributed by atoms with Gasteiger partial charge in [0.2, 0.25) is 0 Å². The maximum atomic E-state index is 11.0. The second kappa shape index (κ2) is 6.59. The molecule has 90 valence electrons. The molecule has 1 N–H and O–H groups in total. The first kappa shape index (κ1) is 13.1. The standard InChI is InChI=1S/C13H20O3/c1-2-3-4-5-10-6-7-13(16)12(9-15)11(10)8-14/h8-9,12-13,16H,2-7H2,1H3/t12-,13-/m0/s1. The topological polar surface area (TPSA) is 54.4 Å². The van der Waals surface area contributed by atoms with Crippen LogP contribution in [0.25, 0.3) is 0 Å². The SMILES string of the molecule is CCCCCC1=C(C=O)[C@H](C=O)[C@@H](O)CC1. The van der Waals surface area contributed by atoms with Crippen molar-refractivity contribution in [3.05, 3.63) is 11.1 Å². The maximum absolute atomic E-state index is 11.0. The van der Waals surface area contributed by atoms with E-state index in [9.17, 15) is 14.7 Å². The van der Waals surface area contributed by atoms with Crippen LogP contribution in [0.5, 0.6) is 0 Å². The van der Waals surface area contributed by atoms with Gasteiger partial charge in [0.25, 0.3) is 0 Å². The summed E-state index contributed by atoms with van der Waals surface area (Å²) in [7, 11) is 0. The molecule has 0 heterocycles. The smallest absolute Gasteiger partial charge is 0.146 e. The van der Waals surface area contributed by atoms with Crippen molar-refractivity contribution in [2.24, 2.45) is 5.92 Å². The summed E-state index contributed by atoms with van der Waals surface area (Å²) in [6.07, 6.45) is 6.37. The molecule has 0 radical (unpaired) electrons. The van der Waals surface area contributed by atoms with Crippen LogP contribution in [0.1, 0.15) is 45.4 Å². The van der Waals surface area contributed by atoms with Crippen molar-refractivity contribution in [1.29, 1.82) is 0 Å². The fourth-order valence-electron chi connectivity index (χ4n) is 2.27. The molecule has 0 saturated carbocycles. The number of unbranched alkanes of at least 4 members (excludes halogenated alkanes) is 2. The maximum Gasteiger partial charge on any atom is 0.146 e. The van der Waals surface area contributed by atoms with E-state index >= 15 is 0 Å². The summed E-state index contributed by atoms with van der Waals surface area (Å²) in [6, 6.07) is 0. The molecular weight excluding hydrogens is 204 g/mol. The zero-order valence-electron chi connectivity index (χ0n) is 9.82. The molecule has 0 fully saturated rings. The van der Waals surface area contributed by atoms with E-state index in [0.29, 0.717) is 18.3 Å². The molecule has 1 aliphatic rings. The molecule has 0 aromatic carbocycles. The van der Waals surface area contributed by atoms with Crippen molar-refractivity contribution in [1.82, 2.24) is 0 Å². The lowest BCUT2D eigenvalue weighted by Gasteiger charge is -2.26. The number of aliphatic hydroxyl groups excluding tert-OH is 1. The third kappa shape index (κ3) is 3.01. The van der Waals surface area contributed by atoms with E-state index in [2.05, 4.69) is 6.92 Å². The molecule has 0 unspecified atom stereocenters. The van der Waals surface area contributed by atoms with Gasteiger partial charge in [0.15, 0.2) is 0 Å². The highest BCUT2D eigenvalue weighted by atomic mass is 16.3. The second-order valence-corrected chi connectivity index (χ2v) is 4.40. The largest absolute Gasteiger partial charge is 0.392 e. The van der Waals surface area contributed by atoms with E-state index in [-0.39, 0.29) is 0 Å². The molecular formula is C13H20O3. The van der Waals surface area contributed by atoms with E-state index in [1.807, 2.05) is 0 Å². The number of hydrogen-bond acceptors (Lipinski definition) is 3. The van der Waals surface area contributed by atoms with Crippen molar-refractivity contribution in [2.75, 3.05) is 0 Å². The zero-order valence-corrected chi connectivity index (χ0v) is 9.82. The first-order valence-electron chi connectivity index (χ1n) is 6.05. The predicted octanol–water partition coefficient (Wildman–Crippen LogP) is 2.03. The van der Waals surface area contributed by atoms with E-state index in [4.69, 9.17) is 0 Å². The molecule has 3 heteroatoms. The third-order valence-electron chi connectivity index (χ3n) is 3.28. The Labute approximate surface area is 96.5 Å². The van der Waals surface area contributed by atoms with Gasteiger partial charge in [-0.15, -0.1) is 0 Å². The molecule has 0 saturated heterocycles. The van der Waals surface area contributed by atoms with Gasteiger partial charge in [0.05, 0.1) is 12.0 Å². The Hall–Kier alpha value is -0.960. The minimum atomic E-state index is -0.673. The fourth-order valence-corrected chi connectivity index (χ4v) is 2.27. The molecule has 0 amide bonds. The number of aliphatic hydroxyl groups is 1. The molecule has 1 aliphatic carbocycles. The van der Waals surface area contributed by atoms with Crippen LogP contribution in [0.2, 0.25) is 0 Å². The summed E-state index contributed by atoms with van der Waals surface area (Å²) in [4.78, 5) is 21.9. The molecule has 0 spiro atoms. The number of allylic oxidation sites excluding steroid dienone is 1. The van der Waals surface area contributed by atoms with Gasteiger partial charge in [-0.25, -0.2) is 0 Å². The number of rotatable bonds is 6. The summed E-state index contributed by atoms with van der Waals surface area (Å²) >= 11 is 0. The molecule has 1 rings (SSSR count). The second-order valence-electron chi connectivity index (χ2n) is 4.40. The minimum Gasteiger partial charge on any atom is -0.392 e. The number of carbonyl (C=O) groups excluding carboxylic acids is 2. The number of aldehydes is 2. The van der Waals surface area contributed by atoms with Gasteiger partial charge in [-0.2, -0.15) is 0 Å². The van der Waals surface area contributed by atoms with Crippen LogP contribution in [0.15, 0.2) is 11.1 Å². The normalized spacial score (nSPS) is 25.6. The summed E-state index contributed by atoms with van der Waals surface area (Å²) in [5.74, 6) is -0.595. The highest BCUT2D eigenvalue weighted by Gasteiger charge is 2.29. The molecule has 0 aromatic heterocycles. The van der Waals surface area contributed by atoms with Crippen LogP contribution in [0.3, 0.4) is 0 Å². The molecule has 2 atom stereocenters. The highest BCUT2D eigenvalue weighted by Crippen LogP contribution is 2.31. The van der Waals surface area contributed by atoms with Gasteiger partial charge in [0, 0.05) is 5.57 Å². The lowest BCUT2D eigenvalue weighted by Crippen LogP contribution is -2.29. The van der Waals surface area contributed by atoms with Crippen molar-refractivity contribution in [3.8, 4) is 0 Å². The average molecular weight is 224 g/mol. The summed E-state index contributed by atoms with van der Waals surface area (Å²) < 4.78 is 0.